The number of phenolic OH excluding ortho intramolecular Hbond substituents is 3. The van der Waals surface area contributed by atoms with Crippen LogP contribution in [0.15, 0.2) is 45.6 Å². The zero-order valence-electron chi connectivity index (χ0n) is 20.9. The summed E-state index contributed by atoms with van der Waals surface area (Å²) in [5.74, 6) is -1.74. The lowest BCUT2D eigenvalue weighted by molar-refractivity contribution is -0.333. The van der Waals surface area contributed by atoms with E-state index in [9.17, 15) is 45.6 Å². The first-order chi connectivity index (χ1) is 19.0. The number of hydrogen-bond acceptors (Lipinski definition) is 14. The van der Waals surface area contributed by atoms with Gasteiger partial charge in [-0.15, -0.1) is 0 Å². The second kappa shape index (κ2) is 10.8. The van der Waals surface area contributed by atoms with Crippen LogP contribution in [0.5, 0.6) is 23.0 Å². The average Bonchev–Trinajstić information content (AvgIpc) is 2.91. The van der Waals surface area contributed by atoms with E-state index in [1.807, 2.05) is 0 Å². The Labute approximate surface area is 225 Å². The molecule has 2 aliphatic heterocycles. The van der Waals surface area contributed by atoms with Crippen molar-refractivity contribution in [2.45, 2.75) is 62.2 Å². The topological polar surface area (TPSA) is 229 Å². The van der Waals surface area contributed by atoms with Crippen molar-refractivity contribution in [3.63, 3.8) is 0 Å². The standard InChI is InChI=1S/C26H28O14/c1-9-17(30)20(33)22(35)26(37-9)39-15-8-36-25(21(34)18(15)31)40-24-19(32)16-13(29)6-12(28)7-14(16)38-23(24)10-2-4-11(27)5-3-10/h2-7,9,15,17-18,20-22,25-31,33-35H,8H2,1H3/t9-,15-,17+,18-,20-,21-,22-,25+,26+/m1/s1. The lowest BCUT2D eigenvalue weighted by Crippen LogP contribution is -2.61. The molecule has 2 aliphatic rings. The zero-order chi connectivity index (χ0) is 28.9. The Morgan fingerprint density at radius 2 is 1.50 bits per heavy atom. The van der Waals surface area contributed by atoms with Crippen LogP contribution >= 0.6 is 0 Å². The maximum atomic E-state index is 13.4. The molecule has 0 amide bonds. The van der Waals surface area contributed by atoms with Crippen LogP contribution in [0.1, 0.15) is 6.92 Å². The monoisotopic (exact) mass is 564 g/mol. The molecule has 3 heterocycles. The van der Waals surface area contributed by atoms with Gasteiger partial charge >= 0.3 is 0 Å². The highest BCUT2D eigenvalue weighted by Gasteiger charge is 2.47. The predicted octanol–water partition coefficient (Wildman–Crippen LogP) is -0.754. The van der Waals surface area contributed by atoms with Gasteiger partial charge in [-0.1, -0.05) is 0 Å². The molecule has 2 saturated heterocycles. The molecule has 0 aliphatic carbocycles. The van der Waals surface area contributed by atoms with Crippen LogP contribution in [0.2, 0.25) is 0 Å². The highest BCUT2D eigenvalue weighted by molar-refractivity contribution is 5.88. The summed E-state index contributed by atoms with van der Waals surface area (Å²) in [4.78, 5) is 13.4. The second-order valence-corrected chi connectivity index (χ2v) is 9.63. The predicted molar refractivity (Wildman–Crippen MR) is 133 cm³/mol. The highest BCUT2D eigenvalue weighted by Crippen LogP contribution is 2.37. The van der Waals surface area contributed by atoms with E-state index in [1.54, 1.807) is 0 Å². The summed E-state index contributed by atoms with van der Waals surface area (Å²) >= 11 is 0. The first kappa shape index (κ1) is 28.1. The first-order valence-electron chi connectivity index (χ1n) is 12.3. The minimum absolute atomic E-state index is 0.0756. The van der Waals surface area contributed by atoms with Gasteiger partial charge in [-0.3, -0.25) is 4.79 Å². The fraction of sp³-hybridized carbons (Fsp3) is 0.423. The Balaban J connectivity index is 1.43. The number of benzene rings is 2. The van der Waals surface area contributed by atoms with Crippen LogP contribution in [0.4, 0.5) is 0 Å². The molecule has 14 nitrogen and oxygen atoms in total. The van der Waals surface area contributed by atoms with E-state index in [-0.39, 0.29) is 33.8 Å². The quantitative estimate of drug-likeness (QED) is 0.191. The van der Waals surface area contributed by atoms with E-state index in [4.69, 9.17) is 23.4 Å². The van der Waals surface area contributed by atoms with Crippen molar-refractivity contribution >= 4 is 11.0 Å². The van der Waals surface area contributed by atoms with Gasteiger partial charge < -0.3 is 64.2 Å². The van der Waals surface area contributed by atoms with Gasteiger partial charge in [0.25, 0.3) is 0 Å². The third-order valence-electron chi connectivity index (χ3n) is 6.83. The summed E-state index contributed by atoms with van der Waals surface area (Å²) in [7, 11) is 0. The molecule has 40 heavy (non-hydrogen) atoms. The summed E-state index contributed by atoms with van der Waals surface area (Å²) in [5, 5.41) is 81.1. The van der Waals surface area contributed by atoms with Gasteiger partial charge in [0.15, 0.2) is 12.1 Å². The molecule has 5 rings (SSSR count). The molecule has 2 aromatic carbocycles. The Morgan fingerprint density at radius 3 is 2.20 bits per heavy atom. The van der Waals surface area contributed by atoms with E-state index < -0.39 is 78.8 Å². The molecule has 8 N–H and O–H groups in total. The molecule has 9 atom stereocenters. The number of hydrogen-bond donors (Lipinski definition) is 8. The van der Waals surface area contributed by atoms with Crippen LogP contribution in [0.25, 0.3) is 22.3 Å². The number of aliphatic hydroxyl groups excluding tert-OH is 5. The SMILES string of the molecule is C[C@H]1O[C@@H](O[C@@H]2CO[C@@H](Oc3c(-c4ccc(O)cc4)oc4cc(O)cc(O)c4c3=O)[C@H](O)[C@@H]2O)[C@H](O)[C@H](O)[C@H]1O. The summed E-state index contributed by atoms with van der Waals surface area (Å²) in [6.45, 7) is 1.03. The van der Waals surface area contributed by atoms with Crippen LogP contribution < -0.4 is 10.2 Å². The van der Waals surface area contributed by atoms with Crippen molar-refractivity contribution < 1.29 is 64.2 Å². The third-order valence-corrected chi connectivity index (χ3v) is 6.83. The van der Waals surface area contributed by atoms with Crippen molar-refractivity contribution in [3.8, 4) is 34.3 Å². The van der Waals surface area contributed by atoms with Gasteiger partial charge in [-0.05, 0) is 31.2 Å². The number of phenols is 3. The molecular formula is C26H28O14. The van der Waals surface area contributed by atoms with Gasteiger partial charge in [0.1, 0.15) is 64.8 Å². The summed E-state index contributed by atoms with van der Waals surface area (Å²) in [5.41, 5.74) is -0.810. The van der Waals surface area contributed by atoms with Crippen LogP contribution in [-0.2, 0) is 14.2 Å². The molecule has 2 fully saturated rings. The Hall–Kier alpha value is -3.47. The van der Waals surface area contributed by atoms with Crippen molar-refractivity contribution in [3.05, 3.63) is 46.6 Å². The summed E-state index contributed by atoms with van der Waals surface area (Å²) < 4.78 is 27.9. The number of ether oxygens (including phenoxy) is 4. The maximum absolute atomic E-state index is 13.4. The third kappa shape index (κ3) is 5.07. The van der Waals surface area contributed by atoms with Gasteiger partial charge in [0.05, 0.1) is 12.7 Å². The minimum Gasteiger partial charge on any atom is -0.508 e. The Morgan fingerprint density at radius 1 is 0.825 bits per heavy atom. The van der Waals surface area contributed by atoms with Gasteiger partial charge in [-0.2, -0.15) is 0 Å². The molecule has 0 unspecified atom stereocenters. The van der Waals surface area contributed by atoms with Gasteiger partial charge in [0, 0.05) is 17.7 Å². The summed E-state index contributed by atoms with van der Waals surface area (Å²) in [6.07, 6.45) is -13.4. The van der Waals surface area contributed by atoms with Crippen LogP contribution in [0.3, 0.4) is 0 Å². The zero-order valence-corrected chi connectivity index (χ0v) is 20.9. The molecule has 216 valence electrons. The van der Waals surface area contributed by atoms with E-state index in [0.717, 1.165) is 12.1 Å². The van der Waals surface area contributed by atoms with Crippen LogP contribution in [0, 0.1) is 0 Å². The minimum atomic E-state index is -1.82. The molecule has 0 bridgehead atoms. The fourth-order valence-corrected chi connectivity index (χ4v) is 4.58. The first-order valence-corrected chi connectivity index (χ1v) is 12.3. The molecule has 0 saturated carbocycles. The normalized spacial score (nSPS) is 32.7. The number of aromatic hydroxyl groups is 3. The largest absolute Gasteiger partial charge is 0.508 e. The molecular weight excluding hydrogens is 536 g/mol. The Bertz CT molecular complexity index is 1420. The lowest BCUT2D eigenvalue weighted by atomic mass is 9.99. The van der Waals surface area contributed by atoms with Crippen LogP contribution in [-0.4, -0.2) is 103 Å². The average molecular weight is 564 g/mol. The number of fused-ring (bicyclic) bond motifs is 1. The van der Waals surface area contributed by atoms with Crippen molar-refractivity contribution in [1.82, 2.24) is 0 Å². The van der Waals surface area contributed by atoms with E-state index in [0.29, 0.717) is 0 Å². The highest BCUT2D eigenvalue weighted by atomic mass is 16.7. The maximum Gasteiger partial charge on any atom is 0.239 e. The van der Waals surface area contributed by atoms with Crippen molar-refractivity contribution in [2.24, 2.45) is 0 Å². The second-order valence-electron chi connectivity index (χ2n) is 9.63. The molecule has 1 aromatic heterocycles. The molecule has 0 spiro atoms. The molecule has 14 heteroatoms. The van der Waals surface area contributed by atoms with E-state index in [2.05, 4.69) is 0 Å². The molecule has 0 radical (unpaired) electrons. The van der Waals surface area contributed by atoms with Crippen molar-refractivity contribution in [2.75, 3.05) is 6.61 Å². The number of aliphatic hydroxyl groups is 5. The molecule has 3 aromatic rings. The van der Waals surface area contributed by atoms with E-state index in [1.165, 1.54) is 31.2 Å². The van der Waals surface area contributed by atoms with Gasteiger partial charge in [-0.25, -0.2) is 0 Å². The van der Waals surface area contributed by atoms with E-state index >= 15 is 0 Å². The van der Waals surface area contributed by atoms with Crippen molar-refractivity contribution in [1.29, 1.82) is 0 Å². The lowest BCUT2D eigenvalue weighted by Gasteiger charge is -2.43. The fourth-order valence-electron chi connectivity index (χ4n) is 4.58. The smallest absolute Gasteiger partial charge is 0.239 e. The van der Waals surface area contributed by atoms with Gasteiger partial charge in [0.2, 0.25) is 17.5 Å². The Kier molecular flexibility index (Phi) is 7.60. The summed E-state index contributed by atoms with van der Waals surface area (Å²) in [6, 6.07) is 7.50. The number of rotatable bonds is 5.